The minimum absolute atomic E-state index is 0.986. The average Bonchev–Trinajstić information content (AvgIpc) is 1.81. The monoisotopic (exact) mass is 224 g/mol. The van der Waals surface area contributed by atoms with Gasteiger partial charge >= 0.3 is 8.56 Å². The third kappa shape index (κ3) is 7.19. The summed E-state index contributed by atoms with van der Waals surface area (Å²) in [6, 6.07) is 0. The number of rotatable bonds is 5. The molecule has 0 aliphatic carbocycles. The molecular weight excluding hydrogens is 204 g/mol. The summed E-state index contributed by atoms with van der Waals surface area (Å²) in [5, 5.41) is 0. The second kappa shape index (κ2) is 5.30. The fourth-order valence-corrected chi connectivity index (χ4v) is 7.19. The molecule has 74 valence electrons. The van der Waals surface area contributed by atoms with Crippen molar-refractivity contribution in [3.63, 3.8) is 0 Å². The van der Waals surface area contributed by atoms with Gasteiger partial charge in [0.05, 0.1) is 0 Å². The van der Waals surface area contributed by atoms with Crippen molar-refractivity contribution in [1.29, 1.82) is 0 Å². The van der Waals surface area contributed by atoms with Gasteiger partial charge in [-0.3, -0.25) is 9.15 Å². The highest BCUT2D eigenvalue weighted by Crippen LogP contribution is 2.09. The molecule has 3 nitrogen and oxygen atoms in total. The summed E-state index contributed by atoms with van der Waals surface area (Å²) in [7, 11) is -4.01. The van der Waals surface area contributed by atoms with Gasteiger partial charge < -0.3 is 4.12 Å². The van der Waals surface area contributed by atoms with E-state index in [9.17, 15) is 0 Å². The van der Waals surface area contributed by atoms with E-state index in [0.29, 0.717) is 0 Å². The zero-order valence-corrected chi connectivity index (χ0v) is 12.2. The van der Waals surface area contributed by atoms with Crippen molar-refractivity contribution in [2.45, 2.75) is 39.3 Å². The predicted octanol–water partition coefficient (Wildman–Crippen LogP) is 1.62. The van der Waals surface area contributed by atoms with Gasteiger partial charge in [-0.05, 0) is 39.3 Å². The zero-order valence-electron chi connectivity index (χ0n) is 8.88. The largest absolute Gasteiger partial charge is 0.438 e. The molecule has 0 rings (SSSR count). The highest BCUT2D eigenvalue weighted by Gasteiger charge is 2.27. The second-order valence-electron chi connectivity index (χ2n) is 3.79. The highest BCUT2D eigenvalue weighted by atomic mass is 28.4. The normalized spacial score (nSPS) is 13.0. The Kier molecular flexibility index (Phi) is 5.54. The summed E-state index contributed by atoms with van der Waals surface area (Å²) in [6.45, 7) is 12.5. The van der Waals surface area contributed by atoms with E-state index in [1.807, 2.05) is 13.1 Å². The molecule has 12 heavy (non-hydrogen) atoms. The Morgan fingerprint density at radius 2 is 1.42 bits per heavy atom. The molecule has 0 heterocycles. The van der Waals surface area contributed by atoms with Crippen molar-refractivity contribution in [2.75, 3.05) is 0 Å². The van der Waals surface area contributed by atoms with Gasteiger partial charge in [-0.2, -0.15) is 0 Å². The summed E-state index contributed by atoms with van der Waals surface area (Å²) in [4.78, 5) is 0. The molecule has 0 spiro atoms. The van der Waals surface area contributed by atoms with Gasteiger partial charge in [0.15, 0.2) is 9.04 Å². The minimum atomic E-state index is -1.95. The molecule has 0 saturated carbocycles. The van der Waals surface area contributed by atoms with Gasteiger partial charge in [-0.1, -0.05) is 0 Å². The SMILES string of the molecule is C[SiH](C)OO[Si](C)(C)O[SiH](C)C. The molecule has 0 radical (unpaired) electrons. The van der Waals surface area contributed by atoms with Gasteiger partial charge in [0.25, 0.3) is 0 Å². The van der Waals surface area contributed by atoms with E-state index in [1.165, 1.54) is 0 Å². The molecule has 6 heteroatoms. The Balaban J connectivity index is 3.71. The van der Waals surface area contributed by atoms with Gasteiger partial charge in [0.2, 0.25) is 9.04 Å². The van der Waals surface area contributed by atoms with Gasteiger partial charge in [-0.15, -0.1) is 0 Å². The maximum Gasteiger partial charge on any atom is 0.357 e. The molecule has 0 saturated heterocycles. The molecule has 0 aromatic heterocycles. The zero-order chi connectivity index (χ0) is 9.78. The molecular formula is C6H20O3Si3. The average molecular weight is 224 g/mol. The van der Waals surface area contributed by atoms with Gasteiger partial charge in [0.1, 0.15) is 0 Å². The molecule has 0 amide bonds. The molecule has 0 bridgehead atoms. The van der Waals surface area contributed by atoms with Crippen LogP contribution in [0.3, 0.4) is 0 Å². The first-order chi connectivity index (χ1) is 5.33. The van der Waals surface area contributed by atoms with Crippen molar-refractivity contribution in [1.82, 2.24) is 0 Å². The van der Waals surface area contributed by atoms with Gasteiger partial charge in [0, 0.05) is 0 Å². The van der Waals surface area contributed by atoms with Crippen molar-refractivity contribution in [3.8, 4) is 0 Å². The standard InChI is InChI=1S/C6H20O3Si3/c1-10(2)7-8-12(5,6)9-11(3)4/h10-11H,1-6H3. The predicted molar refractivity (Wildman–Crippen MR) is 58.5 cm³/mol. The van der Waals surface area contributed by atoms with E-state index < -0.39 is 26.6 Å². The van der Waals surface area contributed by atoms with E-state index in [1.54, 1.807) is 0 Å². The van der Waals surface area contributed by atoms with E-state index in [-0.39, 0.29) is 0 Å². The Hall–Kier alpha value is 0.531. The summed E-state index contributed by atoms with van der Waals surface area (Å²) in [5.41, 5.74) is 0. The summed E-state index contributed by atoms with van der Waals surface area (Å²) in [6.07, 6.45) is 0. The van der Waals surface area contributed by atoms with E-state index in [4.69, 9.17) is 13.3 Å². The van der Waals surface area contributed by atoms with Crippen LogP contribution in [0.2, 0.25) is 39.3 Å². The fraction of sp³-hybridized carbons (Fsp3) is 1.00. The molecule has 0 aliphatic heterocycles. The third-order valence-electron chi connectivity index (χ3n) is 0.961. The molecule has 0 aromatic carbocycles. The Morgan fingerprint density at radius 3 is 1.75 bits per heavy atom. The number of hydrogen-bond donors (Lipinski definition) is 0. The van der Waals surface area contributed by atoms with Crippen molar-refractivity contribution >= 4 is 26.6 Å². The van der Waals surface area contributed by atoms with Crippen molar-refractivity contribution in [2.24, 2.45) is 0 Å². The van der Waals surface area contributed by atoms with Crippen LogP contribution in [0.5, 0.6) is 0 Å². The lowest BCUT2D eigenvalue weighted by molar-refractivity contribution is -0.130. The van der Waals surface area contributed by atoms with E-state index in [2.05, 4.69) is 26.2 Å². The Bertz CT molecular complexity index is 127. The van der Waals surface area contributed by atoms with Gasteiger partial charge in [-0.25, -0.2) is 0 Å². The summed E-state index contributed by atoms with van der Waals surface area (Å²) in [5.74, 6) is 0. The fourth-order valence-electron chi connectivity index (χ4n) is 0.799. The van der Waals surface area contributed by atoms with Crippen molar-refractivity contribution in [3.05, 3.63) is 0 Å². The lowest BCUT2D eigenvalue weighted by atomic mass is 11.9. The lowest BCUT2D eigenvalue weighted by Gasteiger charge is -2.24. The molecule has 0 unspecified atom stereocenters. The Morgan fingerprint density at radius 1 is 0.917 bits per heavy atom. The molecule has 0 aliphatic rings. The maximum atomic E-state index is 5.74. The smallest absolute Gasteiger partial charge is 0.357 e. The summed E-state index contributed by atoms with van der Waals surface area (Å²) < 4.78 is 16.3. The van der Waals surface area contributed by atoms with Crippen LogP contribution in [0, 0.1) is 0 Å². The van der Waals surface area contributed by atoms with Crippen LogP contribution in [-0.2, 0) is 13.3 Å². The van der Waals surface area contributed by atoms with Crippen molar-refractivity contribution < 1.29 is 13.3 Å². The van der Waals surface area contributed by atoms with Crippen LogP contribution in [0.1, 0.15) is 0 Å². The second-order valence-corrected chi connectivity index (χ2v) is 12.1. The van der Waals surface area contributed by atoms with Crippen LogP contribution in [0.15, 0.2) is 0 Å². The summed E-state index contributed by atoms with van der Waals surface area (Å²) >= 11 is 0. The Labute approximate surface area is 79.7 Å². The van der Waals surface area contributed by atoms with Crippen LogP contribution in [-0.4, -0.2) is 26.6 Å². The molecule has 0 N–H and O–H groups in total. The molecule has 0 fully saturated rings. The van der Waals surface area contributed by atoms with E-state index >= 15 is 0 Å². The molecule has 0 aromatic rings. The molecule has 0 atom stereocenters. The highest BCUT2D eigenvalue weighted by molar-refractivity contribution is 6.72. The lowest BCUT2D eigenvalue weighted by Crippen LogP contribution is -2.40. The number of hydrogen-bond acceptors (Lipinski definition) is 3. The van der Waals surface area contributed by atoms with Crippen LogP contribution in [0.25, 0.3) is 0 Å². The van der Waals surface area contributed by atoms with Crippen LogP contribution >= 0.6 is 0 Å². The quantitative estimate of drug-likeness (QED) is 0.403. The topological polar surface area (TPSA) is 27.7 Å². The minimum Gasteiger partial charge on any atom is -0.438 e. The first-order valence-corrected chi connectivity index (χ1v) is 12.7. The first-order valence-electron chi connectivity index (χ1n) is 4.36. The van der Waals surface area contributed by atoms with Crippen LogP contribution < -0.4 is 0 Å². The third-order valence-corrected chi connectivity index (χ3v) is 6.29. The maximum absolute atomic E-state index is 5.74. The van der Waals surface area contributed by atoms with E-state index in [0.717, 1.165) is 0 Å². The van der Waals surface area contributed by atoms with Crippen LogP contribution in [0.4, 0.5) is 0 Å². The first kappa shape index (κ1) is 12.5.